The zero-order chi connectivity index (χ0) is 11.5. The largest absolute Gasteiger partial charge is 0.361 e. The Balaban J connectivity index is 1.98. The molecule has 3 nitrogen and oxygen atoms in total. The van der Waals surface area contributed by atoms with E-state index in [4.69, 9.17) is 4.52 Å². The van der Waals surface area contributed by atoms with Crippen LogP contribution in [0.15, 0.2) is 22.0 Å². The van der Waals surface area contributed by atoms with Crippen LogP contribution in [0.5, 0.6) is 0 Å². The van der Waals surface area contributed by atoms with Gasteiger partial charge < -0.3 is 9.84 Å². The molecule has 0 spiro atoms. The number of aryl methyl sites for hydroxylation is 2. The van der Waals surface area contributed by atoms with E-state index >= 15 is 0 Å². The Morgan fingerprint density at radius 3 is 2.88 bits per heavy atom. The molecule has 2 aromatic rings. The van der Waals surface area contributed by atoms with Gasteiger partial charge in [-0.25, -0.2) is 0 Å². The van der Waals surface area contributed by atoms with Gasteiger partial charge in [0.1, 0.15) is 5.76 Å². The molecule has 0 fully saturated rings. The number of hydrogen-bond acceptors (Lipinski definition) is 4. The maximum atomic E-state index is 5.13. The van der Waals surface area contributed by atoms with Crippen molar-refractivity contribution >= 4 is 11.3 Å². The van der Waals surface area contributed by atoms with Crippen LogP contribution < -0.4 is 5.32 Å². The molecular formula is C12H16N2OS. The third-order valence-corrected chi connectivity index (χ3v) is 3.79. The van der Waals surface area contributed by atoms with Crippen molar-refractivity contribution in [3.8, 4) is 0 Å². The van der Waals surface area contributed by atoms with Crippen LogP contribution in [0.25, 0.3) is 0 Å². The van der Waals surface area contributed by atoms with Gasteiger partial charge >= 0.3 is 0 Å². The maximum absolute atomic E-state index is 5.13. The second-order valence-electron chi connectivity index (χ2n) is 3.92. The Morgan fingerprint density at radius 1 is 1.50 bits per heavy atom. The lowest BCUT2D eigenvalue weighted by Gasteiger charge is -2.11. The molecule has 1 atom stereocenters. The highest BCUT2D eigenvalue weighted by Gasteiger charge is 2.11. The van der Waals surface area contributed by atoms with Crippen LogP contribution in [0, 0.1) is 13.8 Å². The summed E-state index contributed by atoms with van der Waals surface area (Å²) in [5.74, 6) is 0.906. The molecule has 86 valence electrons. The number of thiophene rings is 1. The van der Waals surface area contributed by atoms with Gasteiger partial charge in [0, 0.05) is 23.0 Å². The van der Waals surface area contributed by atoms with Crippen LogP contribution in [-0.4, -0.2) is 5.16 Å². The Hall–Kier alpha value is -1.13. The molecule has 0 saturated carbocycles. The highest BCUT2D eigenvalue weighted by Crippen LogP contribution is 2.19. The third-order valence-electron chi connectivity index (χ3n) is 2.74. The molecule has 0 aliphatic carbocycles. The normalized spacial score (nSPS) is 12.9. The van der Waals surface area contributed by atoms with Crippen molar-refractivity contribution in [1.82, 2.24) is 10.5 Å². The summed E-state index contributed by atoms with van der Waals surface area (Å²) in [5.41, 5.74) is 2.15. The number of nitrogens with one attached hydrogen (secondary N) is 1. The molecule has 0 saturated heterocycles. The molecule has 0 aliphatic rings. The molecule has 0 aromatic carbocycles. The molecule has 0 amide bonds. The van der Waals surface area contributed by atoms with Crippen LogP contribution in [0.4, 0.5) is 0 Å². The van der Waals surface area contributed by atoms with Crippen molar-refractivity contribution in [3.05, 3.63) is 39.4 Å². The molecule has 0 aliphatic heterocycles. The second kappa shape index (κ2) is 4.80. The van der Waals surface area contributed by atoms with E-state index in [1.54, 1.807) is 11.3 Å². The van der Waals surface area contributed by atoms with E-state index < -0.39 is 0 Å². The van der Waals surface area contributed by atoms with Gasteiger partial charge in [-0.2, -0.15) is 0 Å². The maximum Gasteiger partial charge on any atom is 0.138 e. The number of rotatable bonds is 4. The molecule has 0 radical (unpaired) electrons. The van der Waals surface area contributed by atoms with Crippen LogP contribution in [-0.2, 0) is 6.54 Å². The molecule has 2 rings (SSSR count). The van der Waals surface area contributed by atoms with Gasteiger partial charge in [0.05, 0.1) is 5.69 Å². The van der Waals surface area contributed by atoms with Gasteiger partial charge in [-0.05, 0) is 32.2 Å². The topological polar surface area (TPSA) is 38.1 Å². The minimum atomic E-state index is 0.369. The van der Waals surface area contributed by atoms with Crippen molar-refractivity contribution in [3.63, 3.8) is 0 Å². The lowest BCUT2D eigenvalue weighted by atomic mass is 10.2. The summed E-state index contributed by atoms with van der Waals surface area (Å²) < 4.78 is 5.13. The average Bonchev–Trinajstić information content (AvgIpc) is 2.87. The van der Waals surface area contributed by atoms with E-state index in [-0.39, 0.29) is 0 Å². The Labute approximate surface area is 99.5 Å². The van der Waals surface area contributed by atoms with Gasteiger partial charge in [-0.1, -0.05) is 11.2 Å². The number of nitrogens with zero attached hydrogens (tertiary/aromatic N) is 1. The first-order valence-corrected chi connectivity index (χ1v) is 6.25. The van der Waals surface area contributed by atoms with Gasteiger partial charge in [0.15, 0.2) is 0 Å². The van der Waals surface area contributed by atoms with E-state index in [9.17, 15) is 0 Å². The highest BCUT2D eigenvalue weighted by molar-refractivity contribution is 7.10. The molecule has 4 heteroatoms. The highest BCUT2D eigenvalue weighted by atomic mass is 32.1. The van der Waals surface area contributed by atoms with Crippen LogP contribution in [0.1, 0.15) is 34.9 Å². The first kappa shape index (κ1) is 11.4. The fourth-order valence-corrected chi connectivity index (χ4v) is 2.41. The van der Waals surface area contributed by atoms with Crippen LogP contribution >= 0.6 is 11.3 Å². The zero-order valence-corrected chi connectivity index (χ0v) is 10.6. The van der Waals surface area contributed by atoms with E-state index in [0.29, 0.717) is 6.04 Å². The lowest BCUT2D eigenvalue weighted by Crippen LogP contribution is -2.17. The van der Waals surface area contributed by atoms with E-state index in [2.05, 4.69) is 34.9 Å². The quantitative estimate of drug-likeness (QED) is 0.885. The summed E-state index contributed by atoms with van der Waals surface area (Å²) in [4.78, 5) is 1.35. The van der Waals surface area contributed by atoms with Gasteiger partial charge in [0.2, 0.25) is 0 Å². The summed E-state index contributed by atoms with van der Waals surface area (Å²) in [6.07, 6.45) is 0. The summed E-state index contributed by atoms with van der Waals surface area (Å²) in [6.45, 7) is 6.90. The average molecular weight is 236 g/mol. The molecule has 2 heterocycles. The molecule has 0 unspecified atom stereocenters. The van der Waals surface area contributed by atoms with Crippen molar-refractivity contribution in [1.29, 1.82) is 0 Å². The summed E-state index contributed by atoms with van der Waals surface area (Å²) in [7, 11) is 0. The van der Waals surface area contributed by atoms with Crippen molar-refractivity contribution in [2.24, 2.45) is 0 Å². The summed E-state index contributed by atoms with van der Waals surface area (Å²) >= 11 is 1.78. The zero-order valence-electron chi connectivity index (χ0n) is 9.78. The smallest absolute Gasteiger partial charge is 0.138 e. The first-order chi connectivity index (χ1) is 7.68. The van der Waals surface area contributed by atoms with Crippen LogP contribution in [0.2, 0.25) is 0 Å². The first-order valence-electron chi connectivity index (χ1n) is 5.37. The molecule has 1 N–H and O–H groups in total. The SMILES string of the molecule is Cc1noc(C)c1CN[C@@H](C)c1cccs1. The van der Waals surface area contributed by atoms with Crippen molar-refractivity contribution in [2.75, 3.05) is 0 Å². The standard InChI is InChI=1S/C12H16N2OS/c1-8-11(10(3)15-14-8)7-13-9(2)12-5-4-6-16-12/h4-6,9,13H,7H2,1-3H3/t9-/m0/s1. The molecule has 2 aromatic heterocycles. The number of aromatic nitrogens is 1. The number of hydrogen-bond donors (Lipinski definition) is 1. The predicted octanol–water partition coefficient (Wildman–Crippen LogP) is 3.20. The van der Waals surface area contributed by atoms with Gasteiger partial charge in [0.25, 0.3) is 0 Å². The Bertz CT molecular complexity index is 428. The molecule has 16 heavy (non-hydrogen) atoms. The van der Waals surface area contributed by atoms with E-state index in [1.807, 2.05) is 13.8 Å². The van der Waals surface area contributed by atoms with Gasteiger partial charge in [-0.3, -0.25) is 0 Å². The van der Waals surface area contributed by atoms with Crippen molar-refractivity contribution in [2.45, 2.75) is 33.4 Å². The monoisotopic (exact) mass is 236 g/mol. The third kappa shape index (κ3) is 2.33. The second-order valence-corrected chi connectivity index (χ2v) is 4.90. The lowest BCUT2D eigenvalue weighted by molar-refractivity contribution is 0.391. The van der Waals surface area contributed by atoms with Crippen molar-refractivity contribution < 1.29 is 4.52 Å². The van der Waals surface area contributed by atoms with Crippen LogP contribution in [0.3, 0.4) is 0 Å². The molecular weight excluding hydrogens is 220 g/mol. The fraction of sp³-hybridized carbons (Fsp3) is 0.417. The minimum Gasteiger partial charge on any atom is -0.361 e. The summed E-state index contributed by atoms with van der Waals surface area (Å²) in [6, 6.07) is 4.60. The van der Waals surface area contributed by atoms with E-state index in [1.165, 1.54) is 10.4 Å². The Kier molecular flexibility index (Phi) is 3.41. The van der Waals surface area contributed by atoms with Gasteiger partial charge in [-0.15, -0.1) is 11.3 Å². The molecule has 0 bridgehead atoms. The fourth-order valence-electron chi connectivity index (χ4n) is 1.65. The summed E-state index contributed by atoms with van der Waals surface area (Å²) in [5, 5.41) is 9.52. The Morgan fingerprint density at radius 2 is 2.31 bits per heavy atom. The predicted molar refractivity (Wildman–Crippen MR) is 65.6 cm³/mol. The van der Waals surface area contributed by atoms with E-state index in [0.717, 1.165) is 18.0 Å². The minimum absolute atomic E-state index is 0.369.